The van der Waals surface area contributed by atoms with Gasteiger partial charge >= 0.3 is 5.69 Å². The van der Waals surface area contributed by atoms with E-state index in [1.807, 2.05) is 4.98 Å². The SMILES string of the molecule is O=c1cc(O)n(Cc2ccco2)c(=O)[nH]1. The predicted molar refractivity (Wildman–Crippen MR) is 50.8 cm³/mol. The zero-order valence-electron chi connectivity index (χ0n) is 7.64. The van der Waals surface area contributed by atoms with Crippen LogP contribution < -0.4 is 11.2 Å². The molecule has 2 rings (SSSR count). The zero-order valence-corrected chi connectivity index (χ0v) is 7.64. The first-order chi connectivity index (χ1) is 7.16. The molecule has 6 nitrogen and oxygen atoms in total. The lowest BCUT2D eigenvalue weighted by Gasteiger charge is -2.04. The third-order valence-corrected chi connectivity index (χ3v) is 1.91. The van der Waals surface area contributed by atoms with Crippen LogP contribution in [0.1, 0.15) is 5.76 Å². The van der Waals surface area contributed by atoms with Gasteiger partial charge in [-0.15, -0.1) is 0 Å². The van der Waals surface area contributed by atoms with E-state index in [0.29, 0.717) is 5.76 Å². The Morgan fingerprint density at radius 2 is 2.27 bits per heavy atom. The number of hydrogen-bond acceptors (Lipinski definition) is 4. The van der Waals surface area contributed by atoms with Crippen molar-refractivity contribution in [2.24, 2.45) is 0 Å². The van der Waals surface area contributed by atoms with Crippen LogP contribution in [0.3, 0.4) is 0 Å². The zero-order chi connectivity index (χ0) is 10.8. The highest BCUT2D eigenvalue weighted by molar-refractivity contribution is 5.09. The lowest BCUT2D eigenvalue weighted by atomic mass is 10.4. The molecule has 2 heterocycles. The lowest BCUT2D eigenvalue weighted by Crippen LogP contribution is -2.29. The Kier molecular flexibility index (Phi) is 2.17. The highest BCUT2D eigenvalue weighted by atomic mass is 16.3. The second kappa shape index (κ2) is 3.49. The molecule has 0 saturated heterocycles. The average Bonchev–Trinajstić information content (AvgIpc) is 2.63. The maximum atomic E-state index is 11.3. The first-order valence-corrected chi connectivity index (χ1v) is 4.22. The predicted octanol–water partition coefficient (Wildman–Crippen LogP) is -0.117. The number of aromatic hydroxyl groups is 1. The van der Waals surface area contributed by atoms with Gasteiger partial charge in [0.25, 0.3) is 5.56 Å². The molecule has 2 aromatic rings. The minimum atomic E-state index is -0.670. The van der Waals surface area contributed by atoms with E-state index in [9.17, 15) is 14.7 Å². The quantitative estimate of drug-likeness (QED) is 0.720. The van der Waals surface area contributed by atoms with Gasteiger partial charge < -0.3 is 9.52 Å². The highest BCUT2D eigenvalue weighted by Crippen LogP contribution is 2.06. The minimum absolute atomic E-state index is 0.0778. The first-order valence-electron chi connectivity index (χ1n) is 4.22. The van der Waals surface area contributed by atoms with Crippen LogP contribution in [-0.2, 0) is 6.54 Å². The maximum Gasteiger partial charge on any atom is 0.331 e. The van der Waals surface area contributed by atoms with Crippen LogP contribution >= 0.6 is 0 Å². The van der Waals surface area contributed by atoms with Gasteiger partial charge in [0.15, 0.2) is 0 Å². The fourth-order valence-electron chi connectivity index (χ4n) is 1.22. The van der Waals surface area contributed by atoms with Crippen molar-refractivity contribution < 1.29 is 9.52 Å². The molecule has 0 unspecified atom stereocenters. The fraction of sp³-hybridized carbons (Fsp3) is 0.111. The summed E-state index contributed by atoms with van der Waals surface area (Å²) >= 11 is 0. The third kappa shape index (κ3) is 1.83. The van der Waals surface area contributed by atoms with E-state index in [0.717, 1.165) is 10.6 Å². The van der Waals surface area contributed by atoms with Crippen LogP contribution in [0, 0.1) is 0 Å². The van der Waals surface area contributed by atoms with Crippen molar-refractivity contribution in [3.8, 4) is 5.88 Å². The second-order valence-corrected chi connectivity index (χ2v) is 2.96. The molecule has 78 valence electrons. The normalized spacial score (nSPS) is 10.4. The van der Waals surface area contributed by atoms with Crippen molar-refractivity contribution in [1.29, 1.82) is 0 Å². The van der Waals surface area contributed by atoms with Gasteiger partial charge in [-0.05, 0) is 12.1 Å². The monoisotopic (exact) mass is 208 g/mol. The van der Waals surface area contributed by atoms with Crippen LogP contribution in [-0.4, -0.2) is 14.7 Å². The van der Waals surface area contributed by atoms with Gasteiger partial charge in [0.1, 0.15) is 5.76 Å². The summed E-state index contributed by atoms with van der Waals surface area (Å²) in [5, 5.41) is 9.37. The largest absolute Gasteiger partial charge is 0.494 e. The van der Waals surface area contributed by atoms with Crippen LogP contribution in [0.15, 0.2) is 38.5 Å². The summed E-state index contributed by atoms with van der Waals surface area (Å²) in [7, 11) is 0. The van der Waals surface area contributed by atoms with Gasteiger partial charge in [-0.2, -0.15) is 0 Å². The van der Waals surface area contributed by atoms with Crippen LogP contribution in [0.4, 0.5) is 0 Å². The van der Waals surface area contributed by atoms with Crippen molar-refractivity contribution in [3.63, 3.8) is 0 Å². The summed E-state index contributed by atoms with van der Waals surface area (Å²) in [6.07, 6.45) is 1.46. The number of hydrogen-bond donors (Lipinski definition) is 2. The molecular weight excluding hydrogens is 200 g/mol. The topological polar surface area (TPSA) is 88.2 Å². The van der Waals surface area contributed by atoms with Crippen LogP contribution in [0.25, 0.3) is 0 Å². The number of aromatic amines is 1. The molecule has 0 aromatic carbocycles. The molecule has 0 saturated carbocycles. The molecule has 6 heteroatoms. The van der Waals surface area contributed by atoms with Gasteiger partial charge in [-0.25, -0.2) is 4.79 Å². The van der Waals surface area contributed by atoms with Crippen LogP contribution in [0.2, 0.25) is 0 Å². The van der Waals surface area contributed by atoms with Crippen molar-refractivity contribution in [2.75, 3.05) is 0 Å². The summed E-state index contributed by atoms with van der Waals surface area (Å²) < 4.78 is 6.02. The Labute approximate surface area is 83.4 Å². The van der Waals surface area contributed by atoms with E-state index in [1.54, 1.807) is 12.1 Å². The van der Waals surface area contributed by atoms with Crippen molar-refractivity contribution in [3.05, 3.63) is 51.1 Å². The maximum absolute atomic E-state index is 11.3. The van der Waals surface area contributed by atoms with Gasteiger partial charge in [-0.3, -0.25) is 14.3 Å². The molecule has 0 atom stereocenters. The number of furan rings is 1. The van der Waals surface area contributed by atoms with Crippen LogP contribution in [0.5, 0.6) is 5.88 Å². The Morgan fingerprint density at radius 3 is 2.87 bits per heavy atom. The Morgan fingerprint density at radius 1 is 1.47 bits per heavy atom. The molecule has 0 aliphatic rings. The molecule has 15 heavy (non-hydrogen) atoms. The van der Waals surface area contributed by atoms with E-state index >= 15 is 0 Å². The van der Waals surface area contributed by atoms with E-state index in [4.69, 9.17) is 4.42 Å². The molecule has 0 amide bonds. The summed E-state index contributed by atoms with van der Waals surface area (Å²) in [5.41, 5.74) is -1.30. The minimum Gasteiger partial charge on any atom is -0.494 e. The van der Waals surface area contributed by atoms with E-state index in [-0.39, 0.29) is 12.4 Å². The Hall–Kier alpha value is -2.24. The number of rotatable bonds is 2. The molecule has 0 aliphatic heterocycles. The van der Waals surface area contributed by atoms with Gasteiger partial charge in [0.05, 0.1) is 18.9 Å². The highest BCUT2D eigenvalue weighted by Gasteiger charge is 2.06. The molecule has 2 N–H and O–H groups in total. The van der Waals surface area contributed by atoms with E-state index in [2.05, 4.69) is 0 Å². The molecule has 0 radical (unpaired) electrons. The molecule has 0 aliphatic carbocycles. The lowest BCUT2D eigenvalue weighted by molar-refractivity contribution is 0.393. The van der Waals surface area contributed by atoms with E-state index in [1.165, 1.54) is 6.26 Å². The van der Waals surface area contributed by atoms with Gasteiger partial charge in [-0.1, -0.05) is 0 Å². The van der Waals surface area contributed by atoms with E-state index < -0.39 is 11.2 Å². The summed E-state index contributed by atoms with van der Waals surface area (Å²) in [6, 6.07) is 4.27. The van der Waals surface area contributed by atoms with Crippen molar-refractivity contribution in [1.82, 2.24) is 9.55 Å². The molecule has 0 fully saturated rings. The molecule has 0 spiro atoms. The number of nitrogens with zero attached hydrogens (tertiary/aromatic N) is 1. The van der Waals surface area contributed by atoms with Crippen molar-refractivity contribution in [2.45, 2.75) is 6.54 Å². The molecule has 0 bridgehead atoms. The number of H-pyrrole nitrogens is 1. The molecular formula is C9H8N2O4. The second-order valence-electron chi connectivity index (χ2n) is 2.96. The summed E-state index contributed by atoms with van der Waals surface area (Å²) in [5.74, 6) is 0.125. The van der Waals surface area contributed by atoms with Gasteiger partial charge in [0.2, 0.25) is 5.88 Å². The average molecular weight is 208 g/mol. The number of nitrogens with one attached hydrogen (secondary N) is 1. The summed E-state index contributed by atoms with van der Waals surface area (Å²) in [6.45, 7) is 0.0778. The van der Waals surface area contributed by atoms with Crippen molar-refractivity contribution >= 4 is 0 Å². The smallest absolute Gasteiger partial charge is 0.331 e. The third-order valence-electron chi connectivity index (χ3n) is 1.91. The molecule has 2 aromatic heterocycles. The standard InChI is InChI=1S/C9H8N2O4/c12-7-4-8(13)11(9(14)10-7)5-6-2-1-3-15-6/h1-4,13H,5H2,(H,10,12,14). The fourth-order valence-corrected chi connectivity index (χ4v) is 1.22. The Balaban J connectivity index is 2.45. The van der Waals surface area contributed by atoms with Gasteiger partial charge in [0, 0.05) is 0 Å². The number of aromatic nitrogens is 2. The Bertz CT molecular complexity index is 565. The summed E-state index contributed by atoms with van der Waals surface area (Å²) in [4.78, 5) is 24.1. The first kappa shape index (κ1) is 9.32.